The first-order valence-corrected chi connectivity index (χ1v) is 6.41. The van der Waals surface area contributed by atoms with Crippen molar-refractivity contribution in [1.82, 2.24) is 4.98 Å². The summed E-state index contributed by atoms with van der Waals surface area (Å²) in [5.41, 5.74) is 8.54. The normalized spacial score (nSPS) is 13.2. The fourth-order valence-electron chi connectivity index (χ4n) is 1.99. The molecule has 0 amide bonds. The highest BCUT2D eigenvalue weighted by atomic mass is 16.3. The fraction of sp³-hybridized carbons (Fsp3) is 0.500. The first-order valence-electron chi connectivity index (χ1n) is 6.41. The van der Waals surface area contributed by atoms with Gasteiger partial charge < -0.3 is 15.5 Å². The van der Waals surface area contributed by atoms with Crippen LogP contribution in [0.4, 0.5) is 5.69 Å². The maximum atomic E-state index is 5.76. The van der Waals surface area contributed by atoms with Gasteiger partial charge in [0.25, 0.3) is 0 Å². The standard InChI is InChI=1S/C14H21N3O/c1-9(2)11(7-15)8-16-12-4-5-13-14(6-12)18-10(3)17-13/h4-6,9,11,16H,7-8,15H2,1-3H3. The van der Waals surface area contributed by atoms with Crippen molar-refractivity contribution in [3.63, 3.8) is 0 Å². The molecule has 0 fully saturated rings. The van der Waals surface area contributed by atoms with Crippen LogP contribution in [0.5, 0.6) is 0 Å². The van der Waals surface area contributed by atoms with E-state index in [0.29, 0.717) is 24.3 Å². The Morgan fingerprint density at radius 3 is 2.83 bits per heavy atom. The minimum absolute atomic E-state index is 0.483. The molecular weight excluding hydrogens is 226 g/mol. The molecule has 1 unspecified atom stereocenters. The van der Waals surface area contributed by atoms with Crippen LogP contribution in [0.25, 0.3) is 11.1 Å². The number of fused-ring (bicyclic) bond motifs is 1. The van der Waals surface area contributed by atoms with Gasteiger partial charge in [-0.15, -0.1) is 0 Å². The van der Waals surface area contributed by atoms with E-state index in [1.807, 2.05) is 25.1 Å². The Morgan fingerprint density at radius 1 is 1.39 bits per heavy atom. The lowest BCUT2D eigenvalue weighted by atomic mass is 9.96. The second kappa shape index (κ2) is 5.40. The number of anilines is 1. The van der Waals surface area contributed by atoms with Crippen molar-refractivity contribution in [2.24, 2.45) is 17.6 Å². The predicted octanol–water partition coefficient (Wildman–Crippen LogP) is 2.78. The lowest BCUT2D eigenvalue weighted by Gasteiger charge is -2.19. The summed E-state index contributed by atoms with van der Waals surface area (Å²) in [7, 11) is 0. The van der Waals surface area contributed by atoms with Gasteiger partial charge in [-0.25, -0.2) is 4.98 Å². The largest absolute Gasteiger partial charge is 0.441 e. The molecule has 0 saturated carbocycles. The van der Waals surface area contributed by atoms with Crippen molar-refractivity contribution in [3.05, 3.63) is 24.1 Å². The van der Waals surface area contributed by atoms with Crippen molar-refractivity contribution < 1.29 is 4.42 Å². The Kier molecular flexibility index (Phi) is 3.87. The van der Waals surface area contributed by atoms with Crippen LogP contribution in [0, 0.1) is 18.8 Å². The number of oxazole rings is 1. The van der Waals surface area contributed by atoms with E-state index in [1.165, 1.54) is 0 Å². The molecule has 0 aliphatic heterocycles. The Balaban J connectivity index is 2.07. The van der Waals surface area contributed by atoms with Crippen LogP contribution in [-0.2, 0) is 0 Å². The zero-order chi connectivity index (χ0) is 13.1. The van der Waals surface area contributed by atoms with Crippen LogP contribution in [0.2, 0.25) is 0 Å². The minimum atomic E-state index is 0.483. The first-order chi connectivity index (χ1) is 8.60. The summed E-state index contributed by atoms with van der Waals surface area (Å²) >= 11 is 0. The first kappa shape index (κ1) is 12.9. The molecule has 0 bridgehead atoms. The highest BCUT2D eigenvalue weighted by molar-refractivity contribution is 5.77. The average molecular weight is 247 g/mol. The maximum absolute atomic E-state index is 5.76. The number of benzene rings is 1. The molecule has 1 heterocycles. The van der Waals surface area contributed by atoms with E-state index in [0.717, 1.165) is 23.3 Å². The highest BCUT2D eigenvalue weighted by Crippen LogP contribution is 2.20. The van der Waals surface area contributed by atoms with Crippen LogP contribution in [0.15, 0.2) is 22.6 Å². The van der Waals surface area contributed by atoms with Gasteiger partial charge in [-0.05, 0) is 30.5 Å². The summed E-state index contributed by atoms with van der Waals surface area (Å²) in [6.45, 7) is 7.84. The van der Waals surface area contributed by atoms with Crippen LogP contribution in [-0.4, -0.2) is 18.1 Å². The van der Waals surface area contributed by atoms with Gasteiger partial charge in [0.05, 0.1) is 0 Å². The van der Waals surface area contributed by atoms with Crippen LogP contribution in [0.1, 0.15) is 19.7 Å². The average Bonchev–Trinajstić information content (AvgIpc) is 2.68. The number of nitrogens with one attached hydrogen (secondary N) is 1. The molecule has 1 aromatic heterocycles. The molecule has 18 heavy (non-hydrogen) atoms. The summed E-state index contributed by atoms with van der Waals surface area (Å²) in [4.78, 5) is 4.28. The molecule has 4 heteroatoms. The monoisotopic (exact) mass is 247 g/mol. The second-order valence-electron chi connectivity index (χ2n) is 5.04. The lowest BCUT2D eigenvalue weighted by Crippen LogP contribution is -2.27. The number of hydrogen-bond donors (Lipinski definition) is 2. The summed E-state index contributed by atoms with van der Waals surface area (Å²) < 4.78 is 5.51. The summed E-state index contributed by atoms with van der Waals surface area (Å²) in [5.74, 6) is 1.76. The van der Waals surface area contributed by atoms with Gasteiger partial charge in [0.2, 0.25) is 0 Å². The fourth-order valence-corrected chi connectivity index (χ4v) is 1.99. The van der Waals surface area contributed by atoms with Gasteiger partial charge >= 0.3 is 0 Å². The van der Waals surface area contributed by atoms with E-state index in [-0.39, 0.29) is 0 Å². The smallest absolute Gasteiger partial charge is 0.192 e. The highest BCUT2D eigenvalue weighted by Gasteiger charge is 2.11. The van der Waals surface area contributed by atoms with Gasteiger partial charge in [-0.2, -0.15) is 0 Å². The molecule has 2 rings (SSSR count). The topological polar surface area (TPSA) is 64.1 Å². The zero-order valence-electron chi connectivity index (χ0n) is 11.2. The molecule has 0 spiro atoms. The number of nitrogens with two attached hydrogens (primary N) is 1. The maximum Gasteiger partial charge on any atom is 0.192 e. The molecule has 1 atom stereocenters. The molecule has 0 saturated heterocycles. The Labute approximate surface area is 108 Å². The van der Waals surface area contributed by atoms with Crippen LogP contribution in [0.3, 0.4) is 0 Å². The molecule has 4 nitrogen and oxygen atoms in total. The van der Waals surface area contributed by atoms with Crippen molar-refractivity contribution in [2.75, 3.05) is 18.4 Å². The molecular formula is C14H21N3O. The van der Waals surface area contributed by atoms with E-state index in [2.05, 4.69) is 24.1 Å². The van der Waals surface area contributed by atoms with E-state index in [9.17, 15) is 0 Å². The van der Waals surface area contributed by atoms with E-state index >= 15 is 0 Å². The third kappa shape index (κ3) is 2.82. The van der Waals surface area contributed by atoms with Crippen LogP contribution < -0.4 is 11.1 Å². The molecule has 2 aromatic rings. The minimum Gasteiger partial charge on any atom is -0.441 e. The number of nitrogens with zero attached hydrogens (tertiary/aromatic N) is 1. The van der Waals surface area contributed by atoms with Gasteiger partial charge in [0, 0.05) is 25.2 Å². The zero-order valence-corrected chi connectivity index (χ0v) is 11.2. The van der Waals surface area contributed by atoms with Gasteiger partial charge in [-0.1, -0.05) is 13.8 Å². The quantitative estimate of drug-likeness (QED) is 0.852. The SMILES string of the molecule is Cc1nc2ccc(NCC(CN)C(C)C)cc2o1. The van der Waals surface area contributed by atoms with Crippen molar-refractivity contribution >= 4 is 16.8 Å². The Bertz CT molecular complexity index is 519. The van der Waals surface area contributed by atoms with Gasteiger partial charge in [0.15, 0.2) is 11.5 Å². The van der Waals surface area contributed by atoms with Gasteiger partial charge in [0.1, 0.15) is 5.52 Å². The predicted molar refractivity (Wildman–Crippen MR) is 74.6 cm³/mol. The van der Waals surface area contributed by atoms with Gasteiger partial charge in [-0.3, -0.25) is 0 Å². The second-order valence-corrected chi connectivity index (χ2v) is 5.04. The van der Waals surface area contributed by atoms with E-state index in [4.69, 9.17) is 10.2 Å². The number of rotatable bonds is 5. The molecule has 0 aliphatic carbocycles. The Morgan fingerprint density at radius 2 is 2.17 bits per heavy atom. The molecule has 1 aromatic carbocycles. The van der Waals surface area contributed by atoms with Crippen LogP contribution >= 0.6 is 0 Å². The molecule has 0 radical (unpaired) electrons. The third-order valence-corrected chi connectivity index (χ3v) is 3.31. The van der Waals surface area contributed by atoms with E-state index in [1.54, 1.807) is 0 Å². The van der Waals surface area contributed by atoms with Crippen molar-refractivity contribution in [1.29, 1.82) is 0 Å². The lowest BCUT2D eigenvalue weighted by molar-refractivity contribution is 0.413. The number of aromatic nitrogens is 1. The molecule has 3 N–H and O–H groups in total. The Hall–Kier alpha value is -1.55. The summed E-state index contributed by atoms with van der Waals surface area (Å²) in [6.07, 6.45) is 0. The summed E-state index contributed by atoms with van der Waals surface area (Å²) in [6, 6.07) is 5.99. The molecule has 0 aliphatic rings. The van der Waals surface area contributed by atoms with Crippen molar-refractivity contribution in [2.45, 2.75) is 20.8 Å². The van der Waals surface area contributed by atoms with Crippen molar-refractivity contribution in [3.8, 4) is 0 Å². The van der Waals surface area contributed by atoms with E-state index < -0.39 is 0 Å². The number of aryl methyl sites for hydroxylation is 1. The summed E-state index contributed by atoms with van der Waals surface area (Å²) in [5, 5.41) is 3.41. The third-order valence-electron chi connectivity index (χ3n) is 3.31. The molecule has 98 valence electrons. The number of hydrogen-bond acceptors (Lipinski definition) is 4.